The van der Waals surface area contributed by atoms with Crippen LogP contribution >= 0.6 is 0 Å². The Morgan fingerprint density at radius 1 is 1.15 bits per heavy atom. The van der Waals surface area contributed by atoms with E-state index in [0.717, 1.165) is 42.7 Å². The Balaban J connectivity index is 1.69. The van der Waals surface area contributed by atoms with Gasteiger partial charge in [-0.25, -0.2) is 4.98 Å². The van der Waals surface area contributed by atoms with Gasteiger partial charge >= 0.3 is 0 Å². The van der Waals surface area contributed by atoms with Crippen molar-refractivity contribution < 1.29 is 9.59 Å². The first-order valence-electron chi connectivity index (χ1n) is 9.29. The van der Waals surface area contributed by atoms with E-state index in [0.29, 0.717) is 11.4 Å². The Hall–Kier alpha value is -2.89. The third-order valence-corrected chi connectivity index (χ3v) is 5.03. The molecule has 1 aromatic heterocycles. The predicted molar refractivity (Wildman–Crippen MR) is 107 cm³/mol. The van der Waals surface area contributed by atoms with Gasteiger partial charge in [0, 0.05) is 32.0 Å². The Kier molecular flexibility index (Phi) is 5.74. The van der Waals surface area contributed by atoms with Gasteiger partial charge in [-0.1, -0.05) is 12.1 Å². The summed E-state index contributed by atoms with van der Waals surface area (Å²) < 4.78 is 0. The molecule has 1 fully saturated rings. The monoisotopic (exact) mass is 366 g/mol. The topological polar surface area (TPSA) is 65.5 Å². The number of hydrogen-bond donors (Lipinski definition) is 1. The van der Waals surface area contributed by atoms with E-state index in [-0.39, 0.29) is 18.4 Å². The van der Waals surface area contributed by atoms with Crippen LogP contribution in [0.5, 0.6) is 0 Å². The highest BCUT2D eigenvalue weighted by Crippen LogP contribution is 2.23. The molecule has 1 N–H and O–H groups in total. The number of benzene rings is 1. The Morgan fingerprint density at radius 2 is 1.89 bits per heavy atom. The molecule has 3 rings (SSSR count). The van der Waals surface area contributed by atoms with Crippen LogP contribution < -0.4 is 10.2 Å². The molecule has 2 heterocycles. The lowest BCUT2D eigenvalue weighted by Crippen LogP contribution is -2.36. The average molecular weight is 366 g/mol. The number of anilines is 2. The first kappa shape index (κ1) is 18.9. The quantitative estimate of drug-likeness (QED) is 0.883. The maximum absolute atomic E-state index is 12.9. The molecule has 0 unspecified atom stereocenters. The number of nitrogens with one attached hydrogen (secondary N) is 1. The van der Waals surface area contributed by atoms with Gasteiger partial charge in [0.1, 0.15) is 5.82 Å². The van der Waals surface area contributed by atoms with Crippen LogP contribution in [0.3, 0.4) is 0 Å². The number of nitrogens with zero attached hydrogens (tertiary/aromatic N) is 3. The smallest absolute Gasteiger partial charge is 0.257 e. The molecule has 0 atom stereocenters. The van der Waals surface area contributed by atoms with Gasteiger partial charge in [-0.05, 0) is 56.0 Å². The fourth-order valence-corrected chi connectivity index (χ4v) is 3.31. The number of carbonyl (C=O) groups is 2. The standard InChI is InChI=1S/C21H26N4O2/c1-15-8-6-10-18(16(15)2)23-19(26)14-24(3)21(27)17-9-7-11-22-20(17)25-12-4-5-13-25/h6-11H,4-5,12-14H2,1-3H3,(H,23,26). The summed E-state index contributed by atoms with van der Waals surface area (Å²) in [6.45, 7) is 5.78. The molecule has 27 heavy (non-hydrogen) atoms. The lowest BCUT2D eigenvalue weighted by Gasteiger charge is -2.22. The Morgan fingerprint density at radius 3 is 2.63 bits per heavy atom. The van der Waals surface area contributed by atoms with Crippen LogP contribution in [0.15, 0.2) is 36.5 Å². The van der Waals surface area contributed by atoms with Crippen molar-refractivity contribution in [1.82, 2.24) is 9.88 Å². The number of pyridine rings is 1. The van der Waals surface area contributed by atoms with Crippen molar-refractivity contribution in [3.05, 3.63) is 53.2 Å². The van der Waals surface area contributed by atoms with Crippen LogP contribution in [0.4, 0.5) is 11.5 Å². The van der Waals surface area contributed by atoms with Gasteiger partial charge in [-0.3, -0.25) is 9.59 Å². The summed E-state index contributed by atoms with van der Waals surface area (Å²) in [4.78, 5) is 33.3. The summed E-state index contributed by atoms with van der Waals surface area (Å²) in [7, 11) is 1.64. The van der Waals surface area contributed by atoms with E-state index >= 15 is 0 Å². The highest BCUT2D eigenvalue weighted by Gasteiger charge is 2.23. The lowest BCUT2D eigenvalue weighted by atomic mass is 10.1. The molecular formula is C21H26N4O2. The molecule has 1 aliphatic heterocycles. The van der Waals surface area contributed by atoms with Crippen molar-refractivity contribution in [2.75, 3.05) is 36.9 Å². The minimum absolute atomic E-state index is 0.0133. The minimum atomic E-state index is -0.217. The number of aromatic nitrogens is 1. The van der Waals surface area contributed by atoms with E-state index in [4.69, 9.17) is 0 Å². The van der Waals surface area contributed by atoms with E-state index in [1.165, 1.54) is 4.90 Å². The lowest BCUT2D eigenvalue weighted by molar-refractivity contribution is -0.116. The van der Waals surface area contributed by atoms with Gasteiger partial charge in [-0.15, -0.1) is 0 Å². The van der Waals surface area contributed by atoms with Crippen LogP contribution in [0.2, 0.25) is 0 Å². The van der Waals surface area contributed by atoms with Gasteiger partial charge in [0.15, 0.2) is 0 Å². The Bertz CT molecular complexity index is 844. The number of carbonyl (C=O) groups excluding carboxylic acids is 2. The third kappa shape index (κ3) is 4.27. The van der Waals surface area contributed by atoms with Crippen molar-refractivity contribution in [3.63, 3.8) is 0 Å². The summed E-state index contributed by atoms with van der Waals surface area (Å²) >= 11 is 0. The molecule has 1 aliphatic rings. The summed E-state index contributed by atoms with van der Waals surface area (Å²) in [6.07, 6.45) is 3.92. The second kappa shape index (κ2) is 8.20. The van der Waals surface area contributed by atoms with Gasteiger partial charge in [0.25, 0.3) is 5.91 Å². The average Bonchev–Trinajstić information content (AvgIpc) is 3.19. The number of aryl methyl sites for hydroxylation is 1. The van der Waals surface area contributed by atoms with Crippen molar-refractivity contribution in [2.24, 2.45) is 0 Å². The largest absolute Gasteiger partial charge is 0.356 e. The SMILES string of the molecule is Cc1cccc(NC(=O)CN(C)C(=O)c2cccnc2N2CCCC2)c1C. The molecule has 2 aromatic rings. The van der Waals surface area contributed by atoms with Crippen molar-refractivity contribution >= 4 is 23.3 Å². The summed E-state index contributed by atoms with van der Waals surface area (Å²) in [5.74, 6) is 0.300. The highest BCUT2D eigenvalue weighted by atomic mass is 16.2. The number of amides is 2. The van der Waals surface area contributed by atoms with E-state index in [2.05, 4.69) is 15.2 Å². The fourth-order valence-electron chi connectivity index (χ4n) is 3.31. The molecule has 1 saturated heterocycles. The van der Waals surface area contributed by atoms with E-state index in [1.807, 2.05) is 32.0 Å². The first-order chi connectivity index (χ1) is 13.0. The van der Waals surface area contributed by atoms with Crippen molar-refractivity contribution in [1.29, 1.82) is 0 Å². The van der Waals surface area contributed by atoms with Crippen LogP contribution in [-0.4, -0.2) is 48.4 Å². The van der Waals surface area contributed by atoms with Gasteiger partial charge < -0.3 is 15.1 Å². The maximum atomic E-state index is 12.9. The molecular weight excluding hydrogens is 340 g/mol. The zero-order valence-corrected chi connectivity index (χ0v) is 16.2. The zero-order chi connectivity index (χ0) is 19.4. The van der Waals surface area contributed by atoms with Crippen molar-refractivity contribution in [2.45, 2.75) is 26.7 Å². The molecule has 6 nitrogen and oxygen atoms in total. The normalized spacial score (nSPS) is 13.5. The van der Waals surface area contributed by atoms with Gasteiger partial charge in [0.2, 0.25) is 5.91 Å². The second-order valence-electron chi connectivity index (χ2n) is 7.03. The number of hydrogen-bond acceptors (Lipinski definition) is 4. The second-order valence-corrected chi connectivity index (χ2v) is 7.03. The molecule has 142 valence electrons. The molecule has 0 bridgehead atoms. The molecule has 0 radical (unpaired) electrons. The van der Waals surface area contributed by atoms with E-state index < -0.39 is 0 Å². The maximum Gasteiger partial charge on any atom is 0.257 e. The zero-order valence-electron chi connectivity index (χ0n) is 16.2. The summed E-state index contributed by atoms with van der Waals surface area (Å²) in [6, 6.07) is 9.32. The van der Waals surface area contributed by atoms with Crippen LogP contribution in [0.25, 0.3) is 0 Å². The predicted octanol–water partition coefficient (Wildman–Crippen LogP) is 3.01. The third-order valence-electron chi connectivity index (χ3n) is 5.03. The first-order valence-corrected chi connectivity index (χ1v) is 9.29. The molecule has 1 aromatic carbocycles. The minimum Gasteiger partial charge on any atom is -0.356 e. The molecule has 6 heteroatoms. The van der Waals surface area contributed by atoms with Crippen molar-refractivity contribution in [3.8, 4) is 0 Å². The molecule has 0 spiro atoms. The Labute approximate surface area is 160 Å². The van der Waals surface area contributed by atoms with E-state index in [9.17, 15) is 9.59 Å². The fraction of sp³-hybridized carbons (Fsp3) is 0.381. The molecule has 0 aliphatic carbocycles. The number of likely N-dealkylation sites (N-methyl/N-ethyl adjacent to an activating group) is 1. The van der Waals surface area contributed by atoms with Crippen LogP contribution in [0, 0.1) is 13.8 Å². The van der Waals surface area contributed by atoms with E-state index in [1.54, 1.807) is 25.4 Å². The summed E-state index contributed by atoms with van der Waals surface area (Å²) in [5, 5.41) is 2.90. The summed E-state index contributed by atoms with van der Waals surface area (Å²) in [5.41, 5.74) is 3.47. The number of rotatable bonds is 5. The molecule has 0 saturated carbocycles. The van der Waals surface area contributed by atoms with Gasteiger partial charge in [0.05, 0.1) is 12.1 Å². The molecule has 2 amide bonds. The van der Waals surface area contributed by atoms with Crippen LogP contribution in [0.1, 0.15) is 34.3 Å². The highest BCUT2D eigenvalue weighted by molar-refractivity contribution is 6.02. The van der Waals surface area contributed by atoms with Crippen LogP contribution in [-0.2, 0) is 4.79 Å². The van der Waals surface area contributed by atoms with Gasteiger partial charge in [-0.2, -0.15) is 0 Å².